The van der Waals surface area contributed by atoms with E-state index >= 15 is 0 Å². The fourth-order valence-electron chi connectivity index (χ4n) is 2.58. The third-order valence-electron chi connectivity index (χ3n) is 3.99. The molecule has 0 aliphatic heterocycles. The van der Waals surface area contributed by atoms with Crippen LogP contribution in [0.1, 0.15) is 12.5 Å². The van der Waals surface area contributed by atoms with Gasteiger partial charge >= 0.3 is 51.4 Å². The van der Waals surface area contributed by atoms with Crippen molar-refractivity contribution >= 4 is 48.2 Å². The summed E-state index contributed by atoms with van der Waals surface area (Å²) >= 11 is 1.49. The average Bonchev–Trinajstić information content (AvgIpc) is 3.02. The molecule has 0 radical (unpaired) electrons. The van der Waals surface area contributed by atoms with Crippen molar-refractivity contribution in [3.63, 3.8) is 0 Å². The molecule has 0 spiro atoms. The monoisotopic (exact) mass is 442 g/mol. The number of benzene rings is 2. The molecule has 0 aliphatic rings. The first-order chi connectivity index (χ1) is 12.8. The SMILES string of the molecule is CCN(CCS(=O)(=O)[O-])c1ccc(N=Nc2nc3ccc(C)cc3s2)cc1.[K+]. The zero-order chi connectivity index (χ0) is 19.4. The van der Waals surface area contributed by atoms with Crippen molar-refractivity contribution in [2.45, 2.75) is 13.8 Å². The largest absolute Gasteiger partial charge is 1.00 e. The molecular formula is C18H19KN4O3S2. The van der Waals surface area contributed by atoms with Gasteiger partial charge in [0.05, 0.1) is 31.8 Å². The maximum Gasteiger partial charge on any atom is 1.00 e. The minimum absolute atomic E-state index is 0. The minimum Gasteiger partial charge on any atom is -0.748 e. The molecule has 3 rings (SSSR count). The summed E-state index contributed by atoms with van der Waals surface area (Å²) < 4.78 is 33.6. The number of hydrogen-bond donors (Lipinski definition) is 0. The van der Waals surface area contributed by atoms with Crippen LogP contribution < -0.4 is 56.3 Å². The van der Waals surface area contributed by atoms with E-state index in [4.69, 9.17) is 0 Å². The van der Waals surface area contributed by atoms with Gasteiger partial charge in [-0.15, -0.1) is 10.2 Å². The molecule has 0 saturated heterocycles. The Hall–Kier alpha value is -0.724. The van der Waals surface area contributed by atoms with Crippen LogP contribution in [0.2, 0.25) is 0 Å². The van der Waals surface area contributed by atoms with Crippen LogP contribution in [0.15, 0.2) is 52.7 Å². The van der Waals surface area contributed by atoms with Gasteiger partial charge in [0, 0.05) is 18.8 Å². The average molecular weight is 443 g/mol. The number of hydrogen-bond acceptors (Lipinski definition) is 8. The fourth-order valence-corrected chi connectivity index (χ4v) is 3.91. The van der Waals surface area contributed by atoms with Gasteiger partial charge in [0.1, 0.15) is 0 Å². The summed E-state index contributed by atoms with van der Waals surface area (Å²) in [4.78, 5) is 6.26. The van der Waals surface area contributed by atoms with Gasteiger partial charge in [-0.05, 0) is 55.8 Å². The molecule has 0 amide bonds. The molecule has 1 heterocycles. The van der Waals surface area contributed by atoms with E-state index in [0.717, 1.165) is 15.9 Å². The molecule has 0 N–H and O–H groups in total. The third-order valence-corrected chi connectivity index (χ3v) is 5.58. The third kappa shape index (κ3) is 6.66. The van der Waals surface area contributed by atoms with Crippen LogP contribution in [0.4, 0.5) is 16.5 Å². The Morgan fingerprint density at radius 3 is 2.50 bits per heavy atom. The van der Waals surface area contributed by atoms with Crippen LogP contribution >= 0.6 is 11.3 Å². The maximum atomic E-state index is 10.8. The molecule has 0 unspecified atom stereocenters. The van der Waals surface area contributed by atoms with Gasteiger partial charge in [0.15, 0.2) is 0 Å². The van der Waals surface area contributed by atoms with E-state index in [9.17, 15) is 13.0 Å². The molecule has 2 aromatic carbocycles. The van der Waals surface area contributed by atoms with Crippen LogP contribution in [0.25, 0.3) is 10.2 Å². The van der Waals surface area contributed by atoms with Crippen molar-refractivity contribution in [3.05, 3.63) is 48.0 Å². The second-order valence-electron chi connectivity index (χ2n) is 6.03. The molecule has 0 fully saturated rings. The Morgan fingerprint density at radius 1 is 1.14 bits per heavy atom. The predicted molar refractivity (Wildman–Crippen MR) is 107 cm³/mol. The number of fused-ring (bicyclic) bond motifs is 1. The first kappa shape index (κ1) is 23.6. The summed E-state index contributed by atoms with van der Waals surface area (Å²) in [6.07, 6.45) is 0. The molecule has 0 atom stereocenters. The van der Waals surface area contributed by atoms with Gasteiger partial charge in [0.2, 0.25) is 5.13 Å². The van der Waals surface area contributed by atoms with Gasteiger partial charge in [-0.25, -0.2) is 13.4 Å². The Kier molecular flexibility index (Phi) is 8.71. The van der Waals surface area contributed by atoms with Crippen LogP contribution in [-0.4, -0.2) is 36.8 Å². The van der Waals surface area contributed by atoms with Crippen LogP contribution in [0.3, 0.4) is 0 Å². The van der Waals surface area contributed by atoms with Gasteiger partial charge in [-0.1, -0.05) is 17.4 Å². The standard InChI is InChI=1S/C18H20N4O3S2.K/c1-3-22(10-11-27(23,24)25)15-7-5-14(6-8-15)20-21-18-19-16-9-4-13(2)12-17(16)26-18;/h4-9,12H,3,10-11H2,1-2H3,(H,23,24,25);/q;+1/p-1. The summed E-state index contributed by atoms with van der Waals surface area (Å²) in [6, 6.07) is 13.3. The quantitative estimate of drug-likeness (QED) is 0.313. The normalized spacial score (nSPS) is 11.7. The van der Waals surface area contributed by atoms with Crippen molar-refractivity contribution < 1.29 is 64.4 Å². The van der Waals surface area contributed by atoms with E-state index in [0.29, 0.717) is 17.4 Å². The molecule has 10 heteroatoms. The van der Waals surface area contributed by atoms with Crippen LogP contribution in [0, 0.1) is 6.92 Å². The number of nitrogens with zero attached hydrogens (tertiary/aromatic N) is 4. The molecule has 0 saturated carbocycles. The Balaban J connectivity index is 0.00000280. The fraction of sp³-hybridized carbons (Fsp3) is 0.278. The first-order valence-corrected chi connectivity index (χ1v) is 10.8. The van der Waals surface area contributed by atoms with Crippen molar-refractivity contribution in [2.24, 2.45) is 10.2 Å². The molecule has 142 valence electrons. The number of aryl methyl sites for hydroxylation is 1. The van der Waals surface area contributed by atoms with E-state index in [1.807, 2.05) is 43.0 Å². The minimum atomic E-state index is -4.23. The smallest absolute Gasteiger partial charge is 0.748 e. The van der Waals surface area contributed by atoms with E-state index in [2.05, 4.69) is 21.3 Å². The summed E-state index contributed by atoms with van der Waals surface area (Å²) in [5.41, 5.74) is 3.58. The molecule has 0 bridgehead atoms. The van der Waals surface area contributed by atoms with Crippen LogP contribution in [-0.2, 0) is 10.1 Å². The van der Waals surface area contributed by atoms with Crippen molar-refractivity contribution in [1.82, 2.24) is 4.98 Å². The molecule has 1 aromatic heterocycles. The van der Waals surface area contributed by atoms with Crippen molar-refractivity contribution in [2.75, 3.05) is 23.7 Å². The van der Waals surface area contributed by atoms with Crippen molar-refractivity contribution in [1.29, 1.82) is 0 Å². The molecule has 7 nitrogen and oxygen atoms in total. The first-order valence-electron chi connectivity index (χ1n) is 8.41. The maximum absolute atomic E-state index is 10.8. The number of rotatable bonds is 7. The Labute approximate surface area is 211 Å². The second kappa shape index (κ2) is 10.3. The molecule has 28 heavy (non-hydrogen) atoms. The predicted octanol–water partition coefficient (Wildman–Crippen LogP) is 1.40. The van der Waals surface area contributed by atoms with E-state index in [1.165, 1.54) is 16.9 Å². The zero-order valence-electron chi connectivity index (χ0n) is 16.0. The summed E-state index contributed by atoms with van der Waals surface area (Å²) in [7, 11) is -4.23. The number of anilines is 1. The van der Waals surface area contributed by atoms with Gasteiger partial charge in [-0.2, -0.15) is 0 Å². The zero-order valence-corrected chi connectivity index (χ0v) is 20.7. The van der Waals surface area contributed by atoms with E-state index in [-0.39, 0.29) is 57.9 Å². The summed E-state index contributed by atoms with van der Waals surface area (Å²) in [5, 5.41) is 9.01. The summed E-state index contributed by atoms with van der Waals surface area (Å²) in [6.45, 7) is 4.70. The van der Waals surface area contributed by atoms with E-state index < -0.39 is 15.9 Å². The number of azo groups is 1. The summed E-state index contributed by atoms with van der Waals surface area (Å²) in [5.74, 6) is -0.417. The van der Waals surface area contributed by atoms with E-state index in [1.54, 1.807) is 12.1 Å². The van der Waals surface area contributed by atoms with Crippen molar-refractivity contribution in [3.8, 4) is 0 Å². The van der Waals surface area contributed by atoms with Gasteiger partial charge in [-0.3, -0.25) is 0 Å². The Morgan fingerprint density at radius 2 is 1.86 bits per heavy atom. The number of thiazole rings is 1. The molecule has 0 aliphatic carbocycles. The molecule has 3 aromatic rings. The Bertz CT molecular complexity index is 1070. The van der Waals surface area contributed by atoms with Gasteiger partial charge < -0.3 is 9.45 Å². The number of aromatic nitrogens is 1. The second-order valence-corrected chi connectivity index (χ2v) is 8.56. The molecular weight excluding hydrogens is 423 g/mol. The topological polar surface area (TPSA) is 98.0 Å². The van der Waals surface area contributed by atoms with Gasteiger partial charge in [0.25, 0.3) is 0 Å². The van der Waals surface area contributed by atoms with Crippen LogP contribution in [0.5, 0.6) is 0 Å².